The minimum absolute atomic E-state index is 0.641. The molecule has 4 aromatic rings. The van der Waals surface area contributed by atoms with Gasteiger partial charge in [-0.15, -0.1) is 0 Å². The van der Waals surface area contributed by atoms with Crippen molar-refractivity contribution in [2.45, 2.75) is 6.42 Å². The Balaban J connectivity index is 1.78. The molecule has 0 spiro atoms. The van der Waals surface area contributed by atoms with Gasteiger partial charge in [0.2, 0.25) is 5.89 Å². The van der Waals surface area contributed by atoms with Crippen LogP contribution < -0.4 is 4.74 Å². The lowest BCUT2D eigenvalue weighted by Gasteiger charge is -2.03. The summed E-state index contributed by atoms with van der Waals surface area (Å²) in [5, 5.41) is 0. The van der Waals surface area contributed by atoms with E-state index >= 15 is 0 Å². The van der Waals surface area contributed by atoms with E-state index in [4.69, 9.17) is 14.1 Å². The molecule has 0 N–H and O–H groups in total. The van der Waals surface area contributed by atoms with Crippen LogP contribution in [-0.2, 0) is 6.42 Å². The molecule has 0 atom stereocenters. The number of benzene rings is 3. The summed E-state index contributed by atoms with van der Waals surface area (Å²) in [4.78, 5) is 4.79. The van der Waals surface area contributed by atoms with Crippen LogP contribution in [0, 0.1) is 0 Å². The summed E-state index contributed by atoms with van der Waals surface area (Å²) in [6, 6.07) is 28.2. The molecule has 0 fully saturated rings. The average molecular weight is 341 g/mol. The van der Waals surface area contributed by atoms with Gasteiger partial charge in [0.1, 0.15) is 17.2 Å². The van der Waals surface area contributed by atoms with E-state index in [0.717, 1.165) is 28.3 Å². The summed E-state index contributed by atoms with van der Waals surface area (Å²) in [5.74, 6) is 2.33. The number of hydrogen-bond donors (Lipinski definition) is 0. The third kappa shape index (κ3) is 3.38. The van der Waals surface area contributed by atoms with E-state index in [-0.39, 0.29) is 0 Å². The van der Waals surface area contributed by atoms with Crippen LogP contribution in [0.3, 0.4) is 0 Å². The SMILES string of the molecule is COc1ccc(-c2nc(-c3ccccc3)oc2Cc2ccccc2)cc1. The van der Waals surface area contributed by atoms with Gasteiger partial charge in [-0.3, -0.25) is 0 Å². The van der Waals surface area contributed by atoms with E-state index in [2.05, 4.69) is 12.1 Å². The Hall–Kier alpha value is -3.33. The summed E-state index contributed by atoms with van der Waals surface area (Å²) in [5.41, 5.74) is 4.05. The first-order valence-corrected chi connectivity index (χ1v) is 8.57. The smallest absolute Gasteiger partial charge is 0.226 e. The molecule has 1 aromatic heterocycles. The van der Waals surface area contributed by atoms with Gasteiger partial charge >= 0.3 is 0 Å². The van der Waals surface area contributed by atoms with Crippen LogP contribution in [0.4, 0.5) is 0 Å². The van der Waals surface area contributed by atoms with Crippen molar-refractivity contribution < 1.29 is 9.15 Å². The van der Waals surface area contributed by atoms with Gasteiger partial charge in [0.25, 0.3) is 0 Å². The van der Waals surface area contributed by atoms with Gasteiger partial charge in [0.05, 0.1) is 7.11 Å². The Kier molecular flexibility index (Phi) is 4.52. The van der Waals surface area contributed by atoms with Crippen molar-refractivity contribution in [3.63, 3.8) is 0 Å². The number of rotatable bonds is 5. The molecule has 0 bridgehead atoms. The Morgan fingerprint density at radius 3 is 2.08 bits per heavy atom. The normalized spacial score (nSPS) is 10.7. The predicted molar refractivity (Wildman–Crippen MR) is 103 cm³/mol. The molecule has 0 saturated carbocycles. The number of hydrogen-bond acceptors (Lipinski definition) is 3. The first-order valence-electron chi connectivity index (χ1n) is 8.57. The largest absolute Gasteiger partial charge is 0.497 e. The van der Waals surface area contributed by atoms with Gasteiger partial charge in [-0.1, -0.05) is 48.5 Å². The number of methoxy groups -OCH3 is 1. The molecular weight excluding hydrogens is 322 g/mol. The Labute approximate surface area is 152 Å². The highest BCUT2D eigenvalue weighted by molar-refractivity contribution is 5.66. The molecular formula is C23H19NO2. The van der Waals surface area contributed by atoms with Gasteiger partial charge < -0.3 is 9.15 Å². The van der Waals surface area contributed by atoms with Gasteiger partial charge in [-0.05, 0) is 42.0 Å². The third-order valence-corrected chi connectivity index (χ3v) is 4.29. The summed E-state index contributed by atoms with van der Waals surface area (Å²) >= 11 is 0. The molecule has 0 aliphatic rings. The lowest BCUT2D eigenvalue weighted by Crippen LogP contribution is -1.90. The van der Waals surface area contributed by atoms with Crippen molar-refractivity contribution in [2.24, 2.45) is 0 Å². The van der Waals surface area contributed by atoms with E-state index in [9.17, 15) is 0 Å². The van der Waals surface area contributed by atoms with Crippen molar-refractivity contribution in [3.8, 4) is 28.5 Å². The van der Waals surface area contributed by atoms with Crippen LogP contribution in [0.5, 0.6) is 5.75 Å². The van der Waals surface area contributed by atoms with E-state index in [0.29, 0.717) is 12.3 Å². The predicted octanol–water partition coefficient (Wildman–Crippen LogP) is 5.61. The van der Waals surface area contributed by atoms with Crippen LogP contribution in [0.25, 0.3) is 22.7 Å². The second kappa shape index (κ2) is 7.28. The molecule has 0 aliphatic heterocycles. The number of oxazole rings is 1. The molecule has 0 aliphatic carbocycles. The third-order valence-electron chi connectivity index (χ3n) is 4.29. The minimum atomic E-state index is 0.641. The number of ether oxygens (including phenoxy) is 1. The van der Waals surface area contributed by atoms with Crippen molar-refractivity contribution in [1.82, 2.24) is 4.98 Å². The first-order chi connectivity index (χ1) is 12.8. The Morgan fingerprint density at radius 2 is 1.42 bits per heavy atom. The van der Waals surface area contributed by atoms with Gasteiger partial charge in [0, 0.05) is 17.5 Å². The van der Waals surface area contributed by atoms with E-state index in [1.165, 1.54) is 5.56 Å². The highest BCUT2D eigenvalue weighted by Gasteiger charge is 2.16. The Bertz CT molecular complexity index is 974. The fourth-order valence-corrected chi connectivity index (χ4v) is 2.93. The van der Waals surface area contributed by atoms with Crippen molar-refractivity contribution in [1.29, 1.82) is 0 Å². The standard InChI is InChI=1S/C23H19NO2/c1-25-20-14-12-18(13-15-20)22-21(16-17-8-4-2-5-9-17)26-23(24-22)19-10-6-3-7-11-19/h2-15H,16H2,1H3. The molecule has 4 rings (SSSR count). The minimum Gasteiger partial charge on any atom is -0.497 e. The second-order valence-electron chi connectivity index (χ2n) is 6.05. The molecule has 1 heterocycles. The van der Waals surface area contributed by atoms with E-state index in [1.54, 1.807) is 7.11 Å². The van der Waals surface area contributed by atoms with Crippen molar-refractivity contribution in [2.75, 3.05) is 7.11 Å². The number of aromatic nitrogens is 1. The topological polar surface area (TPSA) is 35.3 Å². The van der Waals surface area contributed by atoms with E-state index < -0.39 is 0 Å². The monoisotopic (exact) mass is 341 g/mol. The second-order valence-corrected chi connectivity index (χ2v) is 6.05. The molecule has 3 aromatic carbocycles. The summed E-state index contributed by atoms with van der Waals surface area (Å²) in [7, 11) is 1.67. The maximum absolute atomic E-state index is 6.17. The van der Waals surface area contributed by atoms with Gasteiger partial charge in [-0.25, -0.2) is 4.98 Å². The first kappa shape index (κ1) is 16.2. The zero-order valence-corrected chi connectivity index (χ0v) is 14.6. The van der Waals surface area contributed by atoms with Crippen LogP contribution in [0.15, 0.2) is 89.3 Å². The number of nitrogens with zero attached hydrogens (tertiary/aromatic N) is 1. The molecule has 26 heavy (non-hydrogen) atoms. The lowest BCUT2D eigenvalue weighted by atomic mass is 10.1. The molecule has 3 heteroatoms. The summed E-state index contributed by atoms with van der Waals surface area (Å²) < 4.78 is 11.4. The van der Waals surface area contributed by atoms with Crippen LogP contribution >= 0.6 is 0 Å². The molecule has 3 nitrogen and oxygen atoms in total. The highest BCUT2D eigenvalue weighted by Crippen LogP contribution is 2.31. The van der Waals surface area contributed by atoms with E-state index in [1.807, 2.05) is 72.8 Å². The lowest BCUT2D eigenvalue weighted by molar-refractivity contribution is 0.415. The zero-order valence-electron chi connectivity index (χ0n) is 14.6. The molecule has 0 unspecified atom stereocenters. The quantitative estimate of drug-likeness (QED) is 0.473. The zero-order chi connectivity index (χ0) is 17.8. The van der Waals surface area contributed by atoms with Crippen LogP contribution in [0.1, 0.15) is 11.3 Å². The maximum atomic E-state index is 6.17. The fourth-order valence-electron chi connectivity index (χ4n) is 2.93. The fraction of sp³-hybridized carbons (Fsp3) is 0.0870. The molecule has 128 valence electrons. The van der Waals surface area contributed by atoms with Crippen LogP contribution in [0.2, 0.25) is 0 Å². The molecule has 0 saturated heterocycles. The molecule has 0 amide bonds. The van der Waals surface area contributed by atoms with Crippen molar-refractivity contribution in [3.05, 3.63) is 96.3 Å². The van der Waals surface area contributed by atoms with Crippen LogP contribution in [-0.4, -0.2) is 12.1 Å². The molecule has 0 radical (unpaired) electrons. The summed E-state index contributed by atoms with van der Waals surface area (Å²) in [6.07, 6.45) is 0.696. The van der Waals surface area contributed by atoms with Crippen molar-refractivity contribution >= 4 is 0 Å². The average Bonchev–Trinajstić information content (AvgIpc) is 3.13. The maximum Gasteiger partial charge on any atom is 0.226 e. The van der Waals surface area contributed by atoms with Gasteiger partial charge in [-0.2, -0.15) is 0 Å². The van der Waals surface area contributed by atoms with Gasteiger partial charge in [0.15, 0.2) is 0 Å². The highest BCUT2D eigenvalue weighted by atomic mass is 16.5. The summed E-state index contributed by atoms with van der Waals surface area (Å²) in [6.45, 7) is 0. The Morgan fingerprint density at radius 1 is 0.769 bits per heavy atom.